The molecule has 2 amide bonds. The predicted molar refractivity (Wildman–Crippen MR) is 138 cm³/mol. The number of phenolic OH excluding ortho intramolecular Hbond substituents is 1. The molecule has 2 unspecified atom stereocenters. The lowest BCUT2D eigenvalue weighted by molar-refractivity contribution is -0.181. The molecule has 3 aliphatic rings. The number of primary amides is 1. The first kappa shape index (κ1) is 28.3. The lowest BCUT2D eigenvalue weighted by atomic mass is 9.52. The van der Waals surface area contributed by atoms with Gasteiger partial charge >= 0.3 is 0 Å². The number of likely N-dealkylation sites (N-methyl/N-ethyl adjacent to an activating group) is 1. The summed E-state index contributed by atoms with van der Waals surface area (Å²) in [6.07, 6.45) is 2.89. The van der Waals surface area contributed by atoms with Crippen molar-refractivity contribution in [1.82, 2.24) is 10.2 Å². The van der Waals surface area contributed by atoms with E-state index in [1.807, 2.05) is 20.8 Å². The first-order valence-electron chi connectivity index (χ1n) is 12.7. The van der Waals surface area contributed by atoms with Crippen molar-refractivity contribution in [3.63, 3.8) is 0 Å². The van der Waals surface area contributed by atoms with Crippen molar-refractivity contribution in [2.45, 2.75) is 50.8 Å². The SMILES string of the molecule is CN(C)[C@@H]1C(=O)C(C(N)=O)C(=O)[C@@]2(O)C(=O)C3C(=O)c4c(O)ccc(/C=C/C(=O)NC(C)(C)C)c4C[C@H]3C[C@@H]12. The van der Waals surface area contributed by atoms with Gasteiger partial charge in [0.1, 0.15) is 5.75 Å². The van der Waals surface area contributed by atoms with Gasteiger partial charge in [0.25, 0.3) is 0 Å². The zero-order chi connectivity index (χ0) is 29.2. The lowest BCUT2D eigenvalue weighted by Gasteiger charge is -2.52. The molecular formula is C28H33N3O8. The molecule has 0 heterocycles. The van der Waals surface area contributed by atoms with E-state index in [0.29, 0.717) is 11.1 Å². The number of fused-ring (bicyclic) bond motifs is 3. The Kier molecular flexibility index (Phi) is 6.89. The largest absolute Gasteiger partial charge is 0.507 e. The monoisotopic (exact) mass is 539 g/mol. The first-order chi connectivity index (χ1) is 18.0. The normalized spacial score (nSPS) is 30.7. The Morgan fingerprint density at radius 2 is 1.77 bits per heavy atom. The van der Waals surface area contributed by atoms with Crippen molar-refractivity contribution in [1.29, 1.82) is 0 Å². The molecule has 11 heteroatoms. The van der Waals surface area contributed by atoms with Crippen LogP contribution in [0.15, 0.2) is 18.2 Å². The zero-order valence-corrected chi connectivity index (χ0v) is 22.5. The van der Waals surface area contributed by atoms with Gasteiger partial charge in [-0.05, 0) is 76.9 Å². The summed E-state index contributed by atoms with van der Waals surface area (Å²) in [5, 5.41) is 25.0. The van der Waals surface area contributed by atoms with Crippen molar-refractivity contribution in [2.24, 2.45) is 29.4 Å². The maximum atomic E-state index is 13.8. The van der Waals surface area contributed by atoms with Crippen molar-refractivity contribution >= 4 is 41.0 Å². The highest BCUT2D eigenvalue weighted by molar-refractivity contribution is 6.32. The zero-order valence-electron chi connectivity index (χ0n) is 22.5. The number of aliphatic hydroxyl groups is 1. The van der Waals surface area contributed by atoms with Crippen LogP contribution >= 0.6 is 0 Å². The molecule has 11 nitrogen and oxygen atoms in total. The van der Waals surface area contributed by atoms with Crippen LogP contribution in [0, 0.1) is 23.7 Å². The molecule has 0 radical (unpaired) electrons. The highest BCUT2D eigenvalue weighted by Gasteiger charge is 2.69. The van der Waals surface area contributed by atoms with Crippen LogP contribution in [-0.2, 0) is 30.4 Å². The highest BCUT2D eigenvalue weighted by Crippen LogP contribution is 2.51. The smallest absolute Gasteiger partial charge is 0.244 e. The minimum atomic E-state index is -2.77. The number of aromatic hydroxyl groups is 1. The summed E-state index contributed by atoms with van der Waals surface area (Å²) in [6.45, 7) is 5.48. The molecule has 1 aromatic carbocycles. The van der Waals surface area contributed by atoms with Crippen LogP contribution in [0.2, 0.25) is 0 Å². The standard InChI is InChI=1S/C28H33N3O8/c1-27(2,3)30-17(33)9-7-12-6-8-16(32)19-14(12)10-13-11-15-21(31(4)5)23(35)20(26(29)38)25(37)28(15,39)24(36)18(13)22(19)34/h6-9,13,15,18,20-21,32,39H,10-11H2,1-5H3,(H2,29,38)(H,30,33)/b9-7+/t13-,15-,18?,20?,21-,28-/m0/s1. The van der Waals surface area contributed by atoms with Crippen molar-refractivity contribution in [3.8, 4) is 5.75 Å². The van der Waals surface area contributed by atoms with E-state index >= 15 is 0 Å². The third-order valence-electron chi connectivity index (χ3n) is 7.89. The van der Waals surface area contributed by atoms with Gasteiger partial charge in [-0.25, -0.2) is 0 Å². The average molecular weight is 540 g/mol. The summed E-state index contributed by atoms with van der Waals surface area (Å²) in [5.74, 6) is -11.4. The van der Waals surface area contributed by atoms with Gasteiger partial charge in [0.2, 0.25) is 11.8 Å². The molecule has 208 valence electrons. The Labute approximate surface area is 225 Å². The number of benzene rings is 1. The van der Waals surface area contributed by atoms with Gasteiger partial charge in [-0.3, -0.25) is 33.7 Å². The summed E-state index contributed by atoms with van der Waals surface area (Å²) in [7, 11) is 3.05. The Morgan fingerprint density at radius 3 is 2.33 bits per heavy atom. The van der Waals surface area contributed by atoms with Gasteiger partial charge in [0.05, 0.1) is 17.5 Å². The van der Waals surface area contributed by atoms with Gasteiger partial charge < -0.3 is 21.3 Å². The minimum absolute atomic E-state index is 0.0484. The second-order valence-corrected chi connectivity index (χ2v) is 11.9. The van der Waals surface area contributed by atoms with E-state index < -0.39 is 69.9 Å². The number of amides is 2. The summed E-state index contributed by atoms with van der Waals surface area (Å²) in [6, 6.07) is 1.66. The summed E-state index contributed by atoms with van der Waals surface area (Å²) in [4.78, 5) is 79.8. The topological polar surface area (TPSA) is 184 Å². The number of rotatable bonds is 4. The van der Waals surface area contributed by atoms with E-state index in [9.17, 15) is 39.0 Å². The number of nitrogens with two attached hydrogens (primary N) is 1. The van der Waals surface area contributed by atoms with Crippen LogP contribution < -0.4 is 11.1 Å². The minimum Gasteiger partial charge on any atom is -0.507 e. The van der Waals surface area contributed by atoms with Crippen molar-refractivity contribution in [3.05, 3.63) is 34.9 Å². The number of carbonyl (C=O) groups is 6. The second kappa shape index (κ2) is 9.49. The molecule has 0 spiro atoms. The van der Waals surface area contributed by atoms with Gasteiger partial charge in [0, 0.05) is 17.5 Å². The molecule has 4 rings (SSSR count). The quantitative estimate of drug-likeness (QED) is 0.297. The van der Waals surface area contributed by atoms with Crippen LogP contribution in [0.4, 0.5) is 0 Å². The van der Waals surface area contributed by atoms with Crippen LogP contribution in [0.5, 0.6) is 5.75 Å². The third-order valence-corrected chi connectivity index (χ3v) is 7.89. The fourth-order valence-electron chi connectivity index (χ4n) is 6.36. The molecule has 6 atom stereocenters. The highest BCUT2D eigenvalue weighted by atomic mass is 16.3. The fourth-order valence-corrected chi connectivity index (χ4v) is 6.36. The number of ketones is 4. The number of hydrogen-bond acceptors (Lipinski definition) is 9. The van der Waals surface area contributed by atoms with Gasteiger partial charge in [-0.15, -0.1) is 0 Å². The average Bonchev–Trinajstić information content (AvgIpc) is 2.79. The predicted octanol–water partition coefficient (Wildman–Crippen LogP) is -0.205. The Morgan fingerprint density at radius 1 is 1.13 bits per heavy atom. The van der Waals surface area contributed by atoms with Crippen molar-refractivity contribution < 1.29 is 39.0 Å². The number of nitrogens with zero attached hydrogens (tertiary/aromatic N) is 1. The second-order valence-electron chi connectivity index (χ2n) is 11.9. The summed E-state index contributed by atoms with van der Waals surface area (Å²) < 4.78 is 0. The molecule has 2 fully saturated rings. The molecule has 2 saturated carbocycles. The molecule has 1 aromatic rings. The fraction of sp³-hybridized carbons (Fsp3) is 0.500. The number of hydrogen-bond donors (Lipinski definition) is 4. The molecule has 3 aliphatic carbocycles. The summed E-state index contributed by atoms with van der Waals surface area (Å²) >= 11 is 0. The lowest BCUT2D eigenvalue weighted by Crippen LogP contribution is -2.74. The van der Waals surface area contributed by atoms with E-state index in [4.69, 9.17) is 5.73 Å². The molecule has 39 heavy (non-hydrogen) atoms. The van der Waals surface area contributed by atoms with Crippen LogP contribution in [0.1, 0.15) is 48.7 Å². The Balaban J connectivity index is 1.79. The molecule has 0 aromatic heterocycles. The van der Waals surface area contributed by atoms with E-state index in [1.165, 1.54) is 37.2 Å². The van der Waals surface area contributed by atoms with Crippen LogP contribution in [0.3, 0.4) is 0 Å². The number of carbonyl (C=O) groups excluding carboxylic acids is 6. The Hall–Kier alpha value is -3.70. The molecule has 0 aliphatic heterocycles. The maximum absolute atomic E-state index is 13.8. The van der Waals surface area contributed by atoms with E-state index in [2.05, 4.69) is 5.32 Å². The Bertz CT molecular complexity index is 1340. The molecular weight excluding hydrogens is 506 g/mol. The molecule has 0 saturated heterocycles. The van der Waals surface area contributed by atoms with Crippen LogP contribution in [-0.4, -0.2) is 81.3 Å². The number of phenols is 1. The number of nitrogens with one attached hydrogen (secondary N) is 1. The molecule has 0 bridgehead atoms. The summed E-state index contributed by atoms with van der Waals surface area (Å²) in [5.41, 5.74) is 2.87. The van der Waals surface area contributed by atoms with Gasteiger partial charge in [-0.1, -0.05) is 6.07 Å². The third kappa shape index (κ3) is 4.49. The van der Waals surface area contributed by atoms with Gasteiger partial charge in [-0.2, -0.15) is 0 Å². The maximum Gasteiger partial charge on any atom is 0.244 e. The van der Waals surface area contributed by atoms with E-state index in [1.54, 1.807) is 6.07 Å². The first-order valence-corrected chi connectivity index (χ1v) is 12.7. The van der Waals surface area contributed by atoms with E-state index in [0.717, 1.165) is 0 Å². The van der Waals surface area contributed by atoms with E-state index in [-0.39, 0.29) is 30.1 Å². The van der Waals surface area contributed by atoms with Crippen molar-refractivity contribution in [2.75, 3.05) is 14.1 Å². The number of Topliss-reactive ketones (excluding diaryl/α,β-unsaturated/α-hetero) is 4. The van der Waals surface area contributed by atoms with Gasteiger partial charge in [0.15, 0.2) is 34.7 Å². The molecule has 5 N–H and O–H groups in total. The van der Waals surface area contributed by atoms with Crippen LogP contribution in [0.25, 0.3) is 6.08 Å².